The lowest BCUT2D eigenvalue weighted by atomic mass is 9.52. The molecule has 10 nitrogen and oxygen atoms in total. The van der Waals surface area contributed by atoms with Crippen molar-refractivity contribution in [3.63, 3.8) is 0 Å². The van der Waals surface area contributed by atoms with Gasteiger partial charge in [0.05, 0.1) is 17.5 Å². The third kappa shape index (κ3) is 3.36. The van der Waals surface area contributed by atoms with Crippen LogP contribution in [0.15, 0.2) is 30.3 Å². The van der Waals surface area contributed by atoms with Crippen LogP contribution in [0.4, 0.5) is 5.69 Å². The fraction of sp³-hybridized carbons (Fsp3) is 0.393. The Labute approximate surface area is 218 Å². The Kier molecular flexibility index (Phi) is 5.81. The number of carbonyl (C=O) groups is 5. The summed E-state index contributed by atoms with van der Waals surface area (Å²) >= 11 is 0. The molecule has 10 heteroatoms. The zero-order valence-electron chi connectivity index (χ0n) is 21.2. The third-order valence-electron chi connectivity index (χ3n) is 8.54. The van der Waals surface area contributed by atoms with E-state index in [9.17, 15) is 34.2 Å². The van der Waals surface area contributed by atoms with Gasteiger partial charge >= 0.3 is 0 Å². The van der Waals surface area contributed by atoms with Gasteiger partial charge in [-0.25, -0.2) is 0 Å². The van der Waals surface area contributed by atoms with E-state index in [1.807, 2.05) is 19.1 Å². The van der Waals surface area contributed by atoms with Gasteiger partial charge in [0.15, 0.2) is 34.7 Å². The Hall–Kier alpha value is -3.89. The summed E-state index contributed by atoms with van der Waals surface area (Å²) in [5.74, 6) is -10.7. The Morgan fingerprint density at radius 3 is 2.37 bits per heavy atom. The van der Waals surface area contributed by atoms with E-state index >= 15 is 0 Å². The van der Waals surface area contributed by atoms with Gasteiger partial charge in [-0.3, -0.25) is 28.9 Å². The summed E-state index contributed by atoms with van der Waals surface area (Å²) in [6.07, 6.45) is 0.179. The maximum atomic E-state index is 13.9. The average molecular weight is 520 g/mol. The predicted octanol–water partition coefficient (Wildman–Crippen LogP) is 0.425. The number of likely N-dealkylation sites (N-methyl/N-ethyl adjacent to an activating group) is 1. The van der Waals surface area contributed by atoms with E-state index in [2.05, 4.69) is 0 Å². The van der Waals surface area contributed by atoms with Crippen LogP contribution in [0.25, 0.3) is 11.1 Å². The second-order valence-corrected chi connectivity index (χ2v) is 10.8. The number of aromatic hydroxyl groups is 1. The van der Waals surface area contributed by atoms with Crippen molar-refractivity contribution in [3.05, 3.63) is 47.0 Å². The van der Waals surface area contributed by atoms with E-state index in [4.69, 9.17) is 11.5 Å². The number of hydrogen-bond donors (Lipinski definition) is 4. The molecular weight excluding hydrogens is 490 g/mol. The molecule has 0 saturated heterocycles. The lowest BCUT2D eigenvalue weighted by Crippen LogP contribution is -2.74. The standard InChI is InChI=1S/C28H29N3O7/c1-11-4-5-12(10-17(11)29)14-6-7-18(32)20-15(14)8-13-9-16-22(31(2)3)24(34)21(27(30)37)26(36)28(16,38)25(35)19(13)23(20)33/h4-7,10,13,16,19,21-22,32,38H,8-9,29H2,1-3H3,(H2,30,37)/t13-,16-,19?,21?,22-,28-/m1/s1. The van der Waals surface area contributed by atoms with Crippen LogP contribution in [0, 0.1) is 30.6 Å². The molecule has 0 heterocycles. The number of anilines is 1. The summed E-state index contributed by atoms with van der Waals surface area (Å²) < 4.78 is 0. The van der Waals surface area contributed by atoms with E-state index in [-0.39, 0.29) is 24.2 Å². The molecule has 198 valence electrons. The fourth-order valence-electron chi connectivity index (χ4n) is 6.68. The summed E-state index contributed by atoms with van der Waals surface area (Å²) in [5, 5.41) is 22.3. The minimum atomic E-state index is -2.74. The Morgan fingerprint density at radius 2 is 1.76 bits per heavy atom. The first-order chi connectivity index (χ1) is 17.8. The highest BCUT2D eigenvalue weighted by Gasteiger charge is 2.69. The number of nitrogens with zero attached hydrogens (tertiary/aromatic N) is 1. The number of Topliss-reactive ketones (excluding diaryl/α,β-unsaturated/α-hetero) is 4. The van der Waals surface area contributed by atoms with Gasteiger partial charge in [-0.05, 0) is 74.2 Å². The van der Waals surface area contributed by atoms with Crippen molar-refractivity contribution in [3.8, 4) is 16.9 Å². The molecule has 0 radical (unpaired) electrons. The molecule has 3 aliphatic rings. The number of carbonyl (C=O) groups excluding carboxylic acids is 5. The number of ketones is 4. The molecule has 2 aromatic carbocycles. The molecule has 0 bridgehead atoms. The SMILES string of the molecule is Cc1ccc(-c2ccc(O)c3c2C[C@@H]2C[C@@H]4[C@@H](N(C)C)C(=O)C(C(N)=O)C(=O)[C@]4(O)C(=O)C2C3=O)cc1N. The highest BCUT2D eigenvalue weighted by molar-refractivity contribution is 6.32. The summed E-state index contributed by atoms with van der Waals surface area (Å²) in [7, 11) is 3.10. The predicted molar refractivity (Wildman–Crippen MR) is 136 cm³/mol. The molecule has 6 N–H and O–H groups in total. The molecule has 6 atom stereocenters. The highest BCUT2D eigenvalue weighted by atomic mass is 16.3. The van der Waals surface area contributed by atoms with Crippen molar-refractivity contribution >= 4 is 34.7 Å². The van der Waals surface area contributed by atoms with Gasteiger partial charge in [-0.2, -0.15) is 0 Å². The average Bonchev–Trinajstić information content (AvgIpc) is 2.83. The van der Waals surface area contributed by atoms with Crippen LogP contribution in [-0.2, 0) is 25.6 Å². The van der Waals surface area contributed by atoms with Gasteiger partial charge < -0.3 is 21.7 Å². The summed E-state index contributed by atoms with van der Waals surface area (Å²) in [6.45, 7) is 1.87. The van der Waals surface area contributed by atoms with Gasteiger partial charge in [0.2, 0.25) is 5.91 Å². The summed E-state index contributed by atoms with van der Waals surface area (Å²) in [6, 6.07) is 7.37. The first-order valence-corrected chi connectivity index (χ1v) is 12.4. The molecule has 2 aromatic rings. The molecule has 2 fully saturated rings. The van der Waals surface area contributed by atoms with Crippen molar-refractivity contribution in [2.24, 2.45) is 29.4 Å². The third-order valence-corrected chi connectivity index (χ3v) is 8.54. The van der Waals surface area contributed by atoms with Crippen LogP contribution >= 0.6 is 0 Å². The normalized spacial score (nSPS) is 30.6. The number of benzene rings is 2. The largest absolute Gasteiger partial charge is 0.507 e. The molecule has 1 amide bonds. The molecule has 0 spiro atoms. The number of aliphatic hydroxyl groups is 1. The maximum absolute atomic E-state index is 13.9. The number of rotatable bonds is 3. The number of fused-ring (bicyclic) bond motifs is 3. The number of primary amides is 1. The monoisotopic (exact) mass is 519 g/mol. The Balaban J connectivity index is 1.66. The number of aryl methyl sites for hydroxylation is 1. The zero-order valence-corrected chi connectivity index (χ0v) is 21.2. The zero-order chi connectivity index (χ0) is 27.8. The van der Waals surface area contributed by atoms with Gasteiger partial charge in [-0.1, -0.05) is 18.2 Å². The number of hydrogen-bond acceptors (Lipinski definition) is 9. The number of phenols is 1. The number of amides is 1. The van der Waals surface area contributed by atoms with E-state index < -0.39 is 64.4 Å². The van der Waals surface area contributed by atoms with Crippen molar-refractivity contribution < 1.29 is 34.2 Å². The Morgan fingerprint density at radius 1 is 1.08 bits per heavy atom. The minimum absolute atomic E-state index is 0.00493. The van der Waals surface area contributed by atoms with Crippen LogP contribution in [0.2, 0.25) is 0 Å². The lowest BCUT2D eigenvalue weighted by molar-refractivity contribution is -0.181. The second-order valence-electron chi connectivity index (χ2n) is 10.8. The van der Waals surface area contributed by atoms with E-state index in [1.54, 1.807) is 26.2 Å². The quantitative estimate of drug-likeness (QED) is 0.330. The fourth-order valence-corrected chi connectivity index (χ4v) is 6.68. The molecule has 0 aliphatic heterocycles. The van der Waals surface area contributed by atoms with Crippen molar-refractivity contribution in [2.45, 2.75) is 31.4 Å². The molecule has 2 saturated carbocycles. The van der Waals surface area contributed by atoms with E-state index in [0.717, 1.165) is 11.1 Å². The van der Waals surface area contributed by atoms with E-state index in [0.29, 0.717) is 16.8 Å². The van der Waals surface area contributed by atoms with Crippen molar-refractivity contribution in [1.82, 2.24) is 4.90 Å². The molecule has 3 aliphatic carbocycles. The Bertz CT molecular complexity index is 1450. The van der Waals surface area contributed by atoms with E-state index in [1.165, 1.54) is 11.0 Å². The summed E-state index contributed by atoms with van der Waals surface area (Å²) in [5.41, 5.74) is 12.0. The van der Waals surface area contributed by atoms with Crippen LogP contribution in [0.3, 0.4) is 0 Å². The van der Waals surface area contributed by atoms with Crippen LogP contribution in [0.1, 0.15) is 27.9 Å². The van der Waals surface area contributed by atoms with Crippen LogP contribution in [-0.4, -0.2) is 69.9 Å². The molecular formula is C28H29N3O7. The van der Waals surface area contributed by atoms with Crippen LogP contribution in [0.5, 0.6) is 5.75 Å². The van der Waals surface area contributed by atoms with Gasteiger partial charge in [0, 0.05) is 11.6 Å². The maximum Gasteiger partial charge on any atom is 0.235 e. The molecule has 2 unspecified atom stereocenters. The molecule has 5 rings (SSSR count). The van der Waals surface area contributed by atoms with Crippen molar-refractivity contribution in [2.75, 3.05) is 19.8 Å². The van der Waals surface area contributed by atoms with Gasteiger partial charge in [-0.15, -0.1) is 0 Å². The second kappa shape index (κ2) is 8.57. The first kappa shape index (κ1) is 25.7. The highest BCUT2D eigenvalue weighted by Crippen LogP contribution is 2.51. The number of nitrogens with two attached hydrogens (primary N) is 2. The number of phenolic OH excluding ortho intramolecular Hbond substituents is 1. The van der Waals surface area contributed by atoms with Gasteiger partial charge in [0.1, 0.15) is 5.75 Å². The summed E-state index contributed by atoms with van der Waals surface area (Å²) in [4.78, 5) is 67.7. The lowest BCUT2D eigenvalue weighted by Gasteiger charge is -2.52. The molecule has 0 aromatic heterocycles. The molecule has 38 heavy (non-hydrogen) atoms. The topological polar surface area (TPSA) is 181 Å². The van der Waals surface area contributed by atoms with Gasteiger partial charge in [0.25, 0.3) is 0 Å². The number of nitrogen functional groups attached to an aromatic ring is 1. The first-order valence-electron chi connectivity index (χ1n) is 12.4. The van der Waals surface area contributed by atoms with Crippen molar-refractivity contribution in [1.29, 1.82) is 0 Å². The smallest absolute Gasteiger partial charge is 0.235 e. The minimum Gasteiger partial charge on any atom is -0.507 e. The van der Waals surface area contributed by atoms with Crippen LogP contribution < -0.4 is 11.5 Å².